The number of nitrogens with one attached hydrogen (secondary N) is 2. The third-order valence-corrected chi connectivity index (χ3v) is 2.41. The van der Waals surface area contributed by atoms with Gasteiger partial charge in [0, 0.05) is 25.1 Å². The molecule has 0 aliphatic rings. The van der Waals surface area contributed by atoms with Crippen LogP contribution >= 0.6 is 11.6 Å². The summed E-state index contributed by atoms with van der Waals surface area (Å²) in [6, 6.07) is 4.77. The largest absolute Gasteiger partial charge is 0.375 e. The molecular weight excluding hydrogens is 270 g/mol. The number of hydrogen-bond donors (Lipinski definition) is 3. The van der Waals surface area contributed by atoms with E-state index in [4.69, 9.17) is 22.1 Å². The molecule has 0 saturated carbocycles. The highest BCUT2D eigenvalue weighted by Gasteiger charge is 2.10. The van der Waals surface area contributed by atoms with Crippen LogP contribution in [0.3, 0.4) is 0 Å². The molecule has 104 valence electrons. The summed E-state index contributed by atoms with van der Waals surface area (Å²) >= 11 is 5.86. The number of anilines is 2. The highest BCUT2D eigenvalue weighted by atomic mass is 35.5. The first-order chi connectivity index (χ1) is 9.06. The molecular formula is C12H16ClN3O3. The molecule has 0 saturated heterocycles. The predicted octanol–water partition coefficient (Wildman–Crippen LogP) is 1.21. The number of rotatable bonds is 6. The third-order valence-electron chi connectivity index (χ3n) is 2.18. The number of methoxy groups -OCH3 is 1. The Hall–Kier alpha value is -1.63. The molecule has 19 heavy (non-hydrogen) atoms. The number of ether oxygens (including phenoxy) is 1. The minimum atomic E-state index is -0.320. The van der Waals surface area contributed by atoms with Crippen LogP contribution in [0.25, 0.3) is 0 Å². The Balaban J connectivity index is 2.85. The second-order valence-electron chi connectivity index (χ2n) is 3.76. The lowest BCUT2D eigenvalue weighted by atomic mass is 10.2. The minimum Gasteiger partial charge on any atom is -0.375 e. The van der Waals surface area contributed by atoms with Gasteiger partial charge in [-0.05, 0) is 18.2 Å². The Bertz CT molecular complexity index is 466. The van der Waals surface area contributed by atoms with E-state index in [2.05, 4.69) is 10.6 Å². The molecule has 7 heteroatoms. The molecule has 0 aliphatic carbocycles. The molecule has 0 aliphatic heterocycles. The summed E-state index contributed by atoms with van der Waals surface area (Å²) in [5, 5.41) is 5.71. The van der Waals surface area contributed by atoms with Gasteiger partial charge in [-0.3, -0.25) is 9.59 Å². The summed E-state index contributed by atoms with van der Waals surface area (Å²) in [4.78, 5) is 23.0. The lowest BCUT2D eigenvalue weighted by Gasteiger charge is -2.12. The number of carbonyl (C=O) groups is 2. The SMILES string of the molecule is COCC(=O)Nc1ccc(Cl)cc1NC(=O)CCN. The molecule has 6 nitrogen and oxygen atoms in total. The topological polar surface area (TPSA) is 93.5 Å². The Morgan fingerprint density at radius 1 is 1.26 bits per heavy atom. The lowest BCUT2D eigenvalue weighted by Crippen LogP contribution is -2.20. The average molecular weight is 286 g/mol. The van der Waals surface area contributed by atoms with E-state index >= 15 is 0 Å². The zero-order valence-electron chi connectivity index (χ0n) is 10.5. The smallest absolute Gasteiger partial charge is 0.250 e. The number of nitrogens with two attached hydrogens (primary N) is 1. The molecule has 2 amide bonds. The number of hydrogen-bond acceptors (Lipinski definition) is 4. The molecule has 4 N–H and O–H groups in total. The fourth-order valence-electron chi connectivity index (χ4n) is 1.39. The fourth-order valence-corrected chi connectivity index (χ4v) is 1.56. The molecule has 1 aromatic carbocycles. The first-order valence-corrected chi connectivity index (χ1v) is 6.03. The first kappa shape index (κ1) is 15.4. The zero-order chi connectivity index (χ0) is 14.3. The highest BCUT2D eigenvalue weighted by Crippen LogP contribution is 2.25. The number of benzene rings is 1. The van der Waals surface area contributed by atoms with Gasteiger partial charge in [-0.15, -0.1) is 0 Å². The molecule has 0 aromatic heterocycles. The molecule has 0 bridgehead atoms. The monoisotopic (exact) mass is 285 g/mol. The standard InChI is InChI=1S/C12H16ClN3O3/c1-19-7-12(18)15-9-3-2-8(13)6-10(9)16-11(17)4-5-14/h2-3,6H,4-5,7,14H2,1H3,(H,15,18)(H,16,17). The molecule has 1 aromatic rings. The van der Waals surface area contributed by atoms with Gasteiger partial charge in [-0.2, -0.15) is 0 Å². The van der Waals surface area contributed by atoms with Gasteiger partial charge >= 0.3 is 0 Å². The van der Waals surface area contributed by atoms with Gasteiger partial charge in [-0.25, -0.2) is 0 Å². The summed E-state index contributed by atoms with van der Waals surface area (Å²) < 4.78 is 4.72. The summed E-state index contributed by atoms with van der Waals surface area (Å²) in [7, 11) is 1.42. The molecule has 0 spiro atoms. The van der Waals surface area contributed by atoms with Crippen LogP contribution in [0.5, 0.6) is 0 Å². The van der Waals surface area contributed by atoms with Crippen molar-refractivity contribution in [3.63, 3.8) is 0 Å². The summed E-state index contributed by atoms with van der Waals surface area (Å²) in [5.74, 6) is -0.564. The van der Waals surface area contributed by atoms with E-state index in [-0.39, 0.29) is 31.4 Å². The Morgan fingerprint density at radius 2 is 1.95 bits per heavy atom. The van der Waals surface area contributed by atoms with Crippen molar-refractivity contribution in [2.24, 2.45) is 5.73 Å². The Labute approximate surface area is 116 Å². The Kier molecular flexibility index (Phi) is 6.27. The van der Waals surface area contributed by atoms with E-state index in [0.717, 1.165) is 0 Å². The van der Waals surface area contributed by atoms with E-state index in [1.54, 1.807) is 18.2 Å². The number of amides is 2. The van der Waals surface area contributed by atoms with Crippen LogP contribution in [0.15, 0.2) is 18.2 Å². The van der Waals surface area contributed by atoms with Crippen LogP contribution in [-0.4, -0.2) is 32.1 Å². The van der Waals surface area contributed by atoms with Crippen LogP contribution in [-0.2, 0) is 14.3 Å². The highest BCUT2D eigenvalue weighted by molar-refractivity contribution is 6.31. The van der Waals surface area contributed by atoms with Gasteiger partial charge in [-0.1, -0.05) is 11.6 Å². The van der Waals surface area contributed by atoms with E-state index in [9.17, 15) is 9.59 Å². The maximum atomic E-state index is 11.5. The average Bonchev–Trinajstić information content (AvgIpc) is 2.33. The minimum absolute atomic E-state index is 0.0706. The Morgan fingerprint density at radius 3 is 2.58 bits per heavy atom. The number of halogens is 1. The van der Waals surface area contributed by atoms with Crippen LogP contribution < -0.4 is 16.4 Å². The normalized spacial score (nSPS) is 10.1. The van der Waals surface area contributed by atoms with Crippen molar-refractivity contribution in [1.82, 2.24) is 0 Å². The second kappa shape index (κ2) is 7.73. The van der Waals surface area contributed by atoms with Gasteiger partial charge in [0.1, 0.15) is 6.61 Å². The quantitative estimate of drug-likeness (QED) is 0.732. The summed E-state index contributed by atoms with van der Waals surface area (Å²) in [5.41, 5.74) is 6.18. The fraction of sp³-hybridized carbons (Fsp3) is 0.333. The van der Waals surface area contributed by atoms with Crippen molar-refractivity contribution >= 4 is 34.8 Å². The summed E-state index contributed by atoms with van der Waals surface area (Å²) in [6.07, 6.45) is 0.192. The maximum Gasteiger partial charge on any atom is 0.250 e. The van der Waals surface area contributed by atoms with E-state index in [1.807, 2.05) is 0 Å². The molecule has 0 heterocycles. The first-order valence-electron chi connectivity index (χ1n) is 5.65. The van der Waals surface area contributed by atoms with E-state index in [1.165, 1.54) is 7.11 Å². The van der Waals surface area contributed by atoms with Crippen molar-refractivity contribution in [3.05, 3.63) is 23.2 Å². The van der Waals surface area contributed by atoms with Crippen LogP contribution in [0.2, 0.25) is 5.02 Å². The van der Waals surface area contributed by atoms with Crippen LogP contribution in [0.1, 0.15) is 6.42 Å². The lowest BCUT2D eigenvalue weighted by molar-refractivity contribution is -0.119. The van der Waals surface area contributed by atoms with Crippen LogP contribution in [0.4, 0.5) is 11.4 Å². The molecule has 0 atom stereocenters. The van der Waals surface area contributed by atoms with E-state index < -0.39 is 0 Å². The van der Waals surface area contributed by atoms with Gasteiger partial charge in [0.05, 0.1) is 11.4 Å². The second-order valence-corrected chi connectivity index (χ2v) is 4.19. The van der Waals surface area contributed by atoms with Crippen molar-refractivity contribution in [2.45, 2.75) is 6.42 Å². The van der Waals surface area contributed by atoms with Crippen molar-refractivity contribution in [3.8, 4) is 0 Å². The van der Waals surface area contributed by atoms with Gasteiger partial charge in [0.2, 0.25) is 11.8 Å². The molecule has 0 unspecified atom stereocenters. The third kappa shape index (κ3) is 5.25. The van der Waals surface area contributed by atoms with Crippen molar-refractivity contribution < 1.29 is 14.3 Å². The summed E-state index contributed by atoms with van der Waals surface area (Å²) in [6.45, 7) is 0.177. The van der Waals surface area contributed by atoms with Gasteiger partial charge < -0.3 is 21.1 Å². The molecule has 0 fully saturated rings. The predicted molar refractivity (Wildman–Crippen MR) is 74.3 cm³/mol. The van der Waals surface area contributed by atoms with Crippen molar-refractivity contribution in [2.75, 3.05) is 30.9 Å². The van der Waals surface area contributed by atoms with Crippen LogP contribution in [0, 0.1) is 0 Å². The molecule has 0 radical (unpaired) electrons. The van der Waals surface area contributed by atoms with E-state index in [0.29, 0.717) is 16.4 Å². The van der Waals surface area contributed by atoms with Gasteiger partial charge in [0.15, 0.2) is 0 Å². The zero-order valence-corrected chi connectivity index (χ0v) is 11.3. The number of carbonyl (C=O) groups excluding carboxylic acids is 2. The van der Waals surface area contributed by atoms with Gasteiger partial charge in [0.25, 0.3) is 0 Å². The van der Waals surface area contributed by atoms with Crippen molar-refractivity contribution in [1.29, 1.82) is 0 Å². The molecule has 1 rings (SSSR count). The maximum absolute atomic E-state index is 11.5.